The molecule has 4 aromatic rings. The number of ketones is 1. The van der Waals surface area contributed by atoms with Crippen molar-refractivity contribution < 1.29 is 14.3 Å². The number of ether oxygens (including phenoxy) is 1. The molecule has 0 spiro atoms. The summed E-state index contributed by atoms with van der Waals surface area (Å²) in [4.78, 5) is 28.7. The Labute approximate surface area is 190 Å². The van der Waals surface area contributed by atoms with Gasteiger partial charge in [-0.15, -0.1) is 0 Å². The molecule has 0 saturated heterocycles. The number of amides is 1. The maximum Gasteiger partial charge on any atom is 0.255 e. The van der Waals surface area contributed by atoms with Gasteiger partial charge in [0.15, 0.2) is 5.65 Å². The fourth-order valence-electron chi connectivity index (χ4n) is 4.64. The predicted octanol–water partition coefficient (Wildman–Crippen LogP) is 3.86. The maximum atomic E-state index is 12.2. The molecule has 33 heavy (non-hydrogen) atoms. The number of fused-ring (bicyclic) bond motifs is 3. The summed E-state index contributed by atoms with van der Waals surface area (Å²) in [7, 11) is 0. The van der Waals surface area contributed by atoms with Gasteiger partial charge in [-0.05, 0) is 47.7 Å². The van der Waals surface area contributed by atoms with Gasteiger partial charge in [0.05, 0.1) is 17.8 Å². The van der Waals surface area contributed by atoms with Gasteiger partial charge in [0.2, 0.25) is 0 Å². The second kappa shape index (κ2) is 7.85. The van der Waals surface area contributed by atoms with Crippen LogP contribution in [0.25, 0.3) is 33.4 Å². The molecule has 7 nitrogen and oxygen atoms in total. The molecule has 2 aliphatic rings. The van der Waals surface area contributed by atoms with Crippen LogP contribution in [0.3, 0.4) is 0 Å². The van der Waals surface area contributed by atoms with Gasteiger partial charge >= 0.3 is 0 Å². The van der Waals surface area contributed by atoms with E-state index in [-0.39, 0.29) is 5.91 Å². The zero-order valence-corrected chi connectivity index (χ0v) is 18.0. The van der Waals surface area contributed by atoms with Crippen LogP contribution in [0, 0.1) is 0 Å². The van der Waals surface area contributed by atoms with E-state index in [0.29, 0.717) is 48.7 Å². The lowest BCUT2D eigenvalue weighted by Gasteiger charge is -2.09. The fraction of sp³-hybridized carbons (Fsp3) is 0.231. The molecule has 0 fully saturated rings. The third-order valence-electron chi connectivity index (χ3n) is 6.46. The summed E-state index contributed by atoms with van der Waals surface area (Å²) in [6, 6.07) is 14.1. The average molecular weight is 438 g/mol. The van der Waals surface area contributed by atoms with Crippen molar-refractivity contribution in [2.45, 2.75) is 25.7 Å². The number of Topliss-reactive ketones (excluding diaryl/α,β-unsaturated/α-hetero) is 1. The standard InChI is InChI=1S/C26H22N4O3/c31-20-6-3-15-1-2-17(11-16(15)4-7-20)19-12-22-24(29-30-25(22)28-14-19)18-5-8-21-23(13-18)33-10-9-27-26(21)32/h1-2,5,8,11-14H,3-4,6-7,9-10H2,(H,27,32)(H,28,29,30). The summed E-state index contributed by atoms with van der Waals surface area (Å²) in [6.07, 6.45) is 4.68. The average Bonchev–Trinajstić information content (AvgIpc) is 3.06. The van der Waals surface area contributed by atoms with Crippen LogP contribution in [-0.2, 0) is 17.6 Å². The number of hydrogen-bond acceptors (Lipinski definition) is 5. The summed E-state index contributed by atoms with van der Waals surface area (Å²) < 4.78 is 5.78. The molecule has 2 aromatic heterocycles. The zero-order chi connectivity index (χ0) is 22.4. The van der Waals surface area contributed by atoms with Crippen molar-refractivity contribution in [3.63, 3.8) is 0 Å². The van der Waals surface area contributed by atoms with Crippen molar-refractivity contribution in [3.05, 3.63) is 65.4 Å². The van der Waals surface area contributed by atoms with Gasteiger partial charge in [-0.3, -0.25) is 14.7 Å². The summed E-state index contributed by atoms with van der Waals surface area (Å²) in [5, 5.41) is 11.2. The van der Waals surface area contributed by atoms with E-state index in [4.69, 9.17) is 4.74 Å². The van der Waals surface area contributed by atoms with Gasteiger partial charge < -0.3 is 10.1 Å². The Balaban J connectivity index is 1.40. The van der Waals surface area contributed by atoms with E-state index in [9.17, 15) is 9.59 Å². The van der Waals surface area contributed by atoms with Crippen molar-refractivity contribution in [2.75, 3.05) is 13.2 Å². The zero-order valence-electron chi connectivity index (χ0n) is 18.0. The highest BCUT2D eigenvalue weighted by Gasteiger charge is 2.19. The van der Waals surface area contributed by atoms with Crippen LogP contribution in [0.5, 0.6) is 5.75 Å². The van der Waals surface area contributed by atoms with E-state index in [1.165, 1.54) is 11.1 Å². The Kier molecular flexibility index (Phi) is 4.68. The van der Waals surface area contributed by atoms with E-state index in [1.807, 2.05) is 18.3 Å². The lowest BCUT2D eigenvalue weighted by Crippen LogP contribution is -2.24. The molecule has 6 rings (SSSR count). The first-order valence-corrected chi connectivity index (χ1v) is 11.2. The van der Waals surface area contributed by atoms with Crippen LogP contribution in [-0.4, -0.2) is 40.0 Å². The molecule has 1 amide bonds. The number of H-pyrrole nitrogens is 1. The molecule has 3 heterocycles. The number of benzene rings is 2. The maximum absolute atomic E-state index is 12.2. The number of carbonyl (C=O) groups excluding carboxylic acids is 2. The Bertz CT molecular complexity index is 1420. The number of aromatic amines is 1. The molecule has 164 valence electrons. The SMILES string of the molecule is O=C1CCc2ccc(-c3cnc4n[nH]c(-c5ccc6c(c5)OCCNC6=O)c4c3)cc2CC1. The number of rotatable bonds is 2. The molecule has 0 unspecified atom stereocenters. The van der Waals surface area contributed by atoms with Crippen LogP contribution in [0.4, 0.5) is 0 Å². The van der Waals surface area contributed by atoms with Crippen LogP contribution in [0.2, 0.25) is 0 Å². The number of pyridine rings is 1. The molecule has 0 bridgehead atoms. The lowest BCUT2D eigenvalue weighted by molar-refractivity contribution is -0.118. The summed E-state index contributed by atoms with van der Waals surface area (Å²) >= 11 is 0. The molecule has 0 atom stereocenters. The van der Waals surface area contributed by atoms with Crippen LogP contribution in [0.15, 0.2) is 48.7 Å². The minimum Gasteiger partial charge on any atom is -0.491 e. The fourth-order valence-corrected chi connectivity index (χ4v) is 4.64. The smallest absolute Gasteiger partial charge is 0.255 e. The van der Waals surface area contributed by atoms with E-state index in [2.05, 4.69) is 44.8 Å². The molecule has 1 aliphatic carbocycles. The van der Waals surface area contributed by atoms with E-state index < -0.39 is 0 Å². The number of aromatic nitrogens is 3. The third-order valence-corrected chi connectivity index (χ3v) is 6.46. The molecule has 1 aliphatic heterocycles. The molecule has 2 N–H and O–H groups in total. The Morgan fingerprint density at radius 1 is 0.848 bits per heavy atom. The molecular weight excluding hydrogens is 416 g/mol. The summed E-state index contributed by atoms with van der Waals surface area (Å²) in [5.41, 5.74) is 7.44. The minimum absolute atomic E-state index is 0.127. The second-order valence-electron chi connectivity index (χ2n) is 8.53. The Morgan fingerprint density at radius 2 is 1.70 bits per heavy atom. The Morgan fingerprint density at radius 3 is 2.61 bits per heavy atom. The normalized spacial score (nSPS) is 15.8. The van der Waals surface area contributed by atoms with Gasteiger partial charge in [0, 0.05) is 35.6 Å². The van der Waals surface area contributed by atoms with E-state index >= 15 is 0 Å². The van der Waals surface area contributed by atoms with Crippen molar-refractivity contribution >= 4 is 22.7 Å². The van der Waals surface area contributed by atoms with Crippen molar-refractivity contribution in [3.8, 4) is 28.1 Å². The second-order valence-corrected chi connectivity index (χ2v) is 8.53. The van der Waals surface area contributed by atoms with Gasteiger partial charge in [0.25, 0.3) is 5.91 Å². The summed E-state index contributed by atoms with van der Waals surface area (Å²) in [6.45, 7) is 0.916. The lowest BCUT2D eigenvalue weighted by atomic mass is 9.96. The van der Waals surface area contributed by atoms with Crippen LogP contribution in [0.1, 0.15) is 34.3 Å². The monoisotopic (exact) mass is 438 g/mol. The van der Waals surface area contributed by atoms with Gasteiger partial charge in [-0.2, -0.15) is 5.10 Å². The van der Waals surface area contributed by atoms with Gasteiger partial charge in [-0.25, -0.2) is 4.98 Å². The molecular formula is C26H22N4O3. The molecule has 0 saturated carbocycles. The molecule has 7 heteroatoms. The van der Waals surface area contributed by atoms with Crippen molar-refractivity contribution in [1.29, 1.82) is 0 Å². The highest BCUT2D eigenvalue weighted by Crippen LogP contribution is 2.33. The quantitative estimate of drug-likeness (QED) is 0.463. The first-order valence-electron chi connectivity index (χ1n) is 11.2. The van der Waals surface area contributed by atoms with E-state index in [0.717, 1.165) is 40.6 Å². The first-order chi connectivity index (χ1) is 16.2. The highest BCUT2D eigenvalue weighted by atomic mass is 16.5. The number of hydrogen-bond donors (Lipinski definition) is 2. The number of carbonyl (C=O) groups is 2. The number of nitrogens with one attached hydrogen (secondary N) is 2. The third kappa shape index (κ3) is 3.55. The number of nitrogens with zero attached hydrogens (tertiary/aromatic N) is 2. The first kappa shape index (κ1) is 19.7. The van der Waals surface area contributed by atoms with Crippen molar-refractivity contribution in [1.82, 2.24) is 20.5 Å². The van der Waals surface area contributed by atoms with Gasteiger partial charge in [0.1, 0.15) is 18.1 Å². The topological polar surface area (TPSA) is 97.0 Å². The van der Waals surface area contributed by atoms with Crippen molar-refractivity contribution in [2.24, 2.45) is 0 Å². The van der Waals surface area contributed by atoms with Crippen LogP contribution >= 0.6 is 0 Å². The highest BCUT2D eigenvalue weighted by molar-refractivity contribution is 5.99. The molecule has 2 aromatic carbocycles. The largest absolute Gasteiger partial charge is 0.491 e. The Hall–Kier alpha value is -4.00. The molecule has 0 radical (unpaired) electrons. The minimum atomic E-state index is -0.127. The van der Waals surface area contributed by atoms with Gasteiger partial charge in [-0.1, -0.05) is 24.3 Å². The van der Waals surface area contributed by atoms with E-state index in [1.54, 1.807) is 6.07 Å². The summed E-state index contributed by atoms with van der Waals surface area (Å²) in [5.74, 6) is 0.771. The predicted molar refractivity (Wildman–Crippen MR) is 124 cm³/mol. The number of aryl methyl sites for hydroxylation is 2. The van der Waals surface area contributed by atoms with Crippen LogP contribution < -0.4 is 10.1 Å².